The third kappa shape index (κ3) is 3.19. The van der Waals surface area contributed by atoms with Gasteiger partial charge in [-0.25, -0.2) is 0 Å². The van der Waals surface area contributed by atoms with Crippen LogP contribution >= 0.6 is 0 Å². The molecular formula is C19H19NO2. The predicted molar refractivity (Wildman–Crippen MR) is 88.6 cm³/mol. The fourth-order valence-electron chi connectivity index (χ4n) is 2.71. The number of fused-ring (bicyclic) bond motifs is 1. The first-order valence-electron chi connectivity index (χ1n) is 7.49. The van der Waals surface area contributed by atoms with Gasteiger partial charge >= 0.3 is 0 Å². The Kier molecular flexibility index (Phi) is 3.96. The minimum absolute atomic E-state index is 0.102. The summed E-state index contributed by atoms with van der Waals surface area (Å²) in [5, 5.41) is 0. The maximum absolute atomic E-state index is 12.0. The van der Waals surface area contributed by atoms with Crippen molar-refractivity contribution in [3.63, 3.8) is 0 Å². The number of nitrogens with two attached hydrogens (primary N) is 1. The molecule has 1 aliphatic rings. The molecule has 0 aromatic heterocycles. The number of ketones is 1. The van der Waals surface area contributed by atoms with E-state index >= 15 is 0 Å². The fraction of sp³-hybridized carbons (Fsp3) is 0.211. The lowest BCUT2D eigenvalue weighted by Crippen LogP contribution is -2.08. The van der Waals surface area contributed by atoms with Crippen molar-refractivity contribution in [1.82, 2.24) is 0 Å². The lowest BCUT2D eigenvalue weighted by atomic mass is 9.94. The molecule has 2 aromatic rings. The SMILES string of the molecule is Cc1ccc2c(c1)CCCC(=O)C=C2Oc1cccc(N)c1. The summed E-state index contributed by atoms with van der Waals surface area (Å²) in [4.78, 5) is 12.0. The molecule has 0 unspecified atom stereocenters. The minimum atomic E-state index is 0.102. The standard InChI is InChI=1S/C19H19NO2/c1-13-8-9-18-14(10-13)4-2-6-16(21)12-19(18)22-17-7-3-5-15(20)11-17/h3,5,7-12H,2,4,6,20H2,1H3. The maximum atomic E-state index is 12.0. The molecule has 0 heterocycles. The topological polar surface area (TPSA) is 52.3 Å². The molecule has 0 atom stereocenters. The van der Waals surface area contributed by atoms with Crippen molar-refractivity contribution in [2.75, 3.05) is 5.73 Å². The lowest BCUT2D eigenvalue weighted by molar-refractivity contribution is -0.114. The van der Waals surface area contributed by atoms with E-state index in [4.69, 9.17) is 10.5 Å². The van der Waals surface area contributed by atoms with Gasteiger partial charge in [0, 0.05) is 29.8 Å². The van der Waals surface area contributed by atoms with Gasteiger partial charge in [-0.1, -0.05) is 29.8 Å². The smallest absolute Gasteiger partial charge is 0.159 e. The second-order valence-electron chi connectivity index (χ2n) is 5.66. The van der Waals surface area contributed by atoms with Crippen molar-refractivity contribution < 1.29 is 9.53 Å². The van der Waals surface area contributed by atoms with Crippen LogP contribution in [0.1, 0.15) is 29.5 Å². The van der Waals surface area contributed by atoms with Gasteiger partial charge in [-0.05, 0) is 37.5 Å². The van der Waals surface area contributed by atoms with Crippen LogP contribution in [0.5, 0.6) is 5.75 Å². The molecule has 2 aromatic carbocycles. The van der Waals surface area contributed by atoms with Crippen LogP contribution < -0.4 is 10.5 Å². The molecular weight excluding hydrogens is 274 g/mol. The Morgan fingerprint density at radius 3 is 2.77 bits per heavy atom. The summed E-state index contributed by atoms with van der Waals surface area (Å²) in [6.45, 7) is 2.08. The first-order valence-corrected chi connectivity index (χ1v) is 7.49. The highest BCUT2D eigenvalue weighted by Gasteiger charge is 2.16. The van der Waals surface area contributed by atoms with E-state index in [1.54, 1.807) is 12.1 Å². The molecule has 3 rings (SSSR count). The summed E-state index contributed by atoms with van der Waals surface area (Å²) in [5.41, 5.74) is 9.86. The number of benzene rings is 2. The van der Waals surface area contributed by atoms with E-state index in [2.05, 4.69) is 13.0 Å². The van der Waals surface area contributed by atoms with Crippen LogP contribution in [0.3, 0.4) is 0 Å². The molecule has 0 fully saturated rings. The molecule has 0 bridgehead atoms. The molecule has 3 nitrogen and oxygen atoms in total. The first-order chi connectivity index (χ1) is 10.6. The third-order valence-corrected chi connectivity index (χ3v) is 3.77. The zero-order chi connectivity index (χ0) is 15.5. The van der Waals surface area contributed by atoms with E-state index in [1.165, 1.54) is 11.1 Å². The van der Waals surface area contributed by atoms with Crippen LogP contribution in [0.25, 0.3) is 5.76 Å². The summed E-state index contributed by atoms with van der Waals surface area (Å²) in [5.74, 6) is 1.35. The average Bonchev–Trinajstić information content (AvgIpc) is 2.45. The third-order valence-electron chi connectivity index (χ3n) is 3.77. The van der Waals surface area contributed by atoms with E-state index in [1.807, 2.05) is 30.3 Å². The van der Waals surface area contributed by atoms with Crippen molar-refractivity contribution in [3.8, 4) is 5.75 Å². The molecule has 0 aliphatic heterocycles. The van der Waals surface area contributed by atoms with Gasteiger partial charge in [0.1, 0.15) is 11.5 Å². The minimum Gasteiger partial charge on any atom is -0.457 e. The van der Waals surface area contributed by atoms with Crippen molar-refractivity contribution >= 4 is 17.2 Å². The van der Waals surface area contributed by atoms with Crippen molar-refractivity contribution in [2.24, 2.45) is 0 Å². The molecule has 0 saturated carbocycles. The molecule has 112 valence electrons. The number of aryl methyl sites for hydroxylation is 2. The van der Waals surface area contributed by atoms with Crippen LogP contribution in [0, 0.1) is 6.92 Å². The second kappa shape index (κ2) is 6.06. The van der Waals surface area contributed by atoms with Crippen molar-refractivity contribution in [2.45, 2.75) is 26.2 Å². The number of nitrogen functional groups attached to an aromatic ring is 1. The quantitative estimate of drug-likeness (QED) is 0.854. The first kappa shape index (κ1) is 14.4. The Hall–Kier alpha value is -2.55. The highest BCUT2D eigenvalue weighted by atomic mass is 16.5. The average molecular weight is 293 g/mol. The van der Waals surface area contributed by atoms with Gasteiger partial charge in [-0.3, -0.25) is 4.79 Å². The Morgan fingerprint density at radius 1 is 1.09 bits per heavy atom. The Bertz CT molecular complexity index is 747. The number of carbonyl (C=O) groups excluding carboxylic acids is 1. The van der Waals surface area contributed by atoms with E-state index in [0.29, 0.717) is 23.6 Å². The predicted octanol–water partition coefficient (Wildman–Crippen LogP) is 3.90. The van der Waals surface area contributed by atoms with E-state index < -0.39 is 0 Å². The molecule has 2 N–H and O–H groups in total. The van der Waals surface area contributed by atoms with Crippen molar-refractivity contribution in [3.05, 3.63) is 65.2 Å². The van der Waals surface area contributed by atoms with Gasteiger partial charge in [0.05, 0.1) is 0 Å². The number of rotatable bonds is 2. The summed E-state index contributed by atoms with van der Waals surface area (Å²) in [6, 6.07) is 13.5. The number of anilines is 1. The normalized spacial score (nSPS) is 14.6. The fourth-order valence-corrected chi connectivity index (χ4v) is 2.71. The van der Waals surface area contributed by atoms with E-state index in [-0.39, 0.29) is 5.78 Å². The number of carbonyl (C=O) groups is 1. The molecule has 0 radical (unpaired) electrons. The van der Waals surface area contributed by atoms with Crippen LogP contribution in [0.15, 0.2) is 48.5 Å². The van der Waals surface area contributed by atoms with Gasteiger partial charge in [0.2, 0.25) is 0 Å². The number of ether oxygens (including phenoxy) is 1. The Balaban J connectivity index is 2.03. The highest BCUT2D eigenvalue weighted by molar-refractivity contribution is 5.96. The number of allylic oxidation sites excluding steroid dienone is 1. The number of hydrogen-bond donors (Lipinski definition) is 1. The van der Waals surface area contributed by atoms with Gasteiger partial charge in [-0.15, -0.1) is 0 Å². The van der Waals surface area contributed by atoms with Gasteiger partial charge in [0.15, 0.2) is 5.78 Å². The molecule has 0 amide bonds. The zero-order valence-corrected chi connectivity index (χ0v) is 12.6. The summed E-state index contributed by atoms with van der Waals surface area (Å²) in [6.07, 6.45) is 3.92. The summed E-state index contributed by atoms with van der Waals surface area (Å²) in [7, 11) is 0. The molecule has 22 heavy (non-hydrogen) atoms. The Labute approximate surface area is 130 Å². The summed E-state index contributed by atoms with van der Waals surface area (Å²) < 4.78 is 5.97. The number of hydrogen-bond acceptors (Lipinski definition) is 3. The van der Waals surface area contributed by atoms with E-state index in [0.717, 1.165) is 18.4 Å². The lowest BCUT2D eigenvalue weighted by Gasteiger charge is -2.17. The molecule has 0 saturated heterocycles. The zero-order valence-electron chi connectivity index (χ0n) is 12.6. The van der Waals surface area contributed by atoms with Crippen LogP contribution in [-0.2, 0) is 11.2 Å². The van der Waals surface area contributed by atoms with Gasteiger partial charge < -0.3 is 10.5 Å². The molecule has 3 heteroatoms. The van der Waals surface area contributed by atoms with Crippen LogP contribution in [0.2, 0.25) is 0 Å². The Morgan fingerprint density at radius 2 is 1.95 bits per heavy atom. The van der Waals surface area contributed by atoms with Gasteiger partial charge in [0.25, 0.3) is 0 Å². The van der Waals surface area contributed by atoms with Gasteiger partial charge in [-0.2, -0.15) is 0 Å². The van der Waals surface area contributed by atoms with Crippen LogP contribution in [-0.4, -0.2) is 5.78 Å². The van der Waals surface area contributed by atoms with Crippen LogP contribution in [0.4, 0.5) is 5.69 Å². The highest BCUT2D eigenvalue weighted by Crippen LogP contribution is 2.28. The monoisotopic (exact) mass is 293 g/mol. The second-order valence-corrected chi connectivity index (χ2v) is 5.66. The van der Waals surface area contributed by atoms with Crippen molar-refractivity contribution in [1.29, 1.82) is 0 Å². The maximum Gasteiger partial charge on any atom is 0.159 e. The largest absolute Gasteiger partial charge is 0.457 e. The molecule has 0 spiro atoms. The molecule has 1 aliphatic carbocycles. The van der Waals surface area contributed by atoms with E-state index in [9.17, 15) is 4.79 Å². The summed E-state index contributed by atoms with van der Waals surface area (Å²) >= 11 is 0.